The molecule has 1 heteroatoms. The topological polar surface area (TPSA) is 0 Å². The van der Waals surface area contributed by atoms with Gasteiger partial charge < -0.3 is 0 Å². The summed E-state index contributed by atoms with van der Waals surface area (Å²) in [4.78, 5) is 0. The zero-order valence-electron chi connectivity index (χ0n) is 17.9. The fourth-order valence-corrected chi connectivity index (χ4v) is 3.90. The summed E-state index contributed by atoms with van der Waals surface area (Å²) in [5.41, 5.74) is 5.18. The van der Waals surface area contributed by atoms with Crippen molar-refractivity contribution in [1.82, 2.24) is 0 Å². The van der Waals surface area contributed by atoms with E-state index in [1.165, 1.54) is 68.0 Å². The number of hydrogen-bond donors (Lipinski definition) is 0. The molecule has 0 heterocycles. The van der Waals surface area contributed by atoms with Gasteiger partial charge in [0.05, 0.1) is 0 Å². The third kappa shape index (κ3) is 5.18. The van der Waals surface area contributed by atoms with E-state index in [0.29, 0.717) is 0 Å². The molecule has 0 saturated heterocycles. The minimum Gasteiger partial charge on any atom is -0.145 e. The molecule has 0 aromatic heterocycles. The first-order valence-corrected chi connectivity index (χ1v) is 12.4. The zero-order chi connectivity index (χ0) is 22.2. The van der Waals surface area contributed by atoms with E-state index in [1.54, 1.807) is 0 Å². The van der Waals surface area contributed by atoms with Crippen LogP contribution >= 0.6 is 0 Å². The summed E-state index contributed by atoms with van der Waals surface area (Å²) in [6.45, 7) is 0. The van der Waals surface area contributed by atoms with E-state index in [0.717, 1.165) is 0 Å². The Bertz CT molecular complexity index is 1210. The van der Waals surface area contributed by atoms with Crippen LogP contribution in [0.1, 0.15) is 0 Å². The van der Waals surface area contributed by atoms with E-state index >= 15 is 0 Å². The summed E-state index contributed by atoms with van der Waals surface area (Å²) in [5, 5.41) is 5.26. The van der Waals surface area contributed by atoms with E-state index < -0.39 is 0 Å². The van der Waals surface area contributed by atoms with Gasteiger partial charge in [-0.05, 0) is 0 Å². The molecule has 0 aliphatic heterocycles. The predicted molar refractivity (Wildman–Crippen MR) is 137 cm³/mol. The average Bonchev–Trinajstić information content (AvgIpc) is 3.51. The van der Waals surface area contributed by atoms with Crippen molar-refractivity contribution in [3.05, 3.63) is 133 Å². The molecule has 6 aromatic carbocycles. The summed E-state index contributed by atoms with van der Waals surface area (Å²) in [6.07, 6.45) is 0. The van der Waals surface area contributed by atoms with Crippen LogP contribution in [0, 0.1) is 0 Å². The summed E-state index contributed by atoms with van der Waals surface area (Å²) >= 11 is 1.30. The van der Waals surface area contributed by atoms with Gasteiger partial charge in [-0.3, -0.25) is 0 Å². The van der Waals surface area contributed by atoms with E-state index in [1.807, 2.05) is 12.1 Å². The molecule has 0 bridgehead atoms. The number of fused-ring (bicyclic) bond motifs is 2. The first-order chi connectivity index (χ1) is 15.9. The Labute approximate surface area is 204 Å². The van der Waals surface area contributed by atoms with Crippen LogP contribution in [0.25, 0.3) is 43.8 Å². The second kappa shape index (κ2) is 10.9. The normalized spacial score (nSPS) is 10.2. The van der Waals surface area contributed by atoms with E-state index in [-0.39, 0.29) is 0 Å². The molecule has 0 saturated carbocycles. The fourth-order valence-electron chi connectivity index (χ4n) is 3.90. The van der Waals surface area contributed by atoms with Crippen LogP contribution < -0.4 is 0 Å². The van der Waals surface area contributed by atoms with Gasteiger partial charge in [0.1, 0.15) is 0 Å². The van der Waals surface area contributed by atoms with Gasteiger partial charge in [0, 0.05) is 0 Å². The molecule has 0 spiro atoms. The van der Waals surface area contributed by atoms with Crippen molar-refractivity contribution in [2.24, 2.45) is 0 Å². The van der Waals surface area contributed by atoms with Crippen molar-refractivity contribution in [2.75, 3.05) is 0 Å². The van der Waals surface area contributed by atoms with Gasteiger partial charge in [0.25, 0.3) is 0 Å². The Morgan fingerprint density at radius 1 is 0.438 bits per heavy atom. The van der Waals surface area contributed by atoms with Crippen molar-refractivity contribution in [3.8, 4) is 22.3 Å². The molecule has 0 atom stereocenters. The molecule has 0 aliphatic rings. The van der Waals surface area contributed by atoms with Crippen molar-refractivity contribution in [2.45, 2.75) is 0 Å². The van der Waals surface area contributed by atoms with Gasteiger partial charge in [-0.15, -0.1) is 69.1 Å². The van der Waals surface area contributed by atoms with E-state index in [9.17, 15) is 0 Å². The number of rotatable bonds is 2. The molecule has 0 unspecified atom stereocenters. The number of hydrogen-bond acceptors (Lipinski definition) is 0. The SMILES string of the molecule is [CH2]=[Zr+2].c1ccc(-c2cc3ccccc3[cH-]2)cc1.c1ccc(-c2cc3ccccc3[cH-]2)cc1. The maximum atomic E-state index is 3.34. The van der Waals surface area contributed by atoms with E-state index in [2.05, 4.69) is 126 Å². The van der Waals surface area contributed by atoms with Crippen LogP contribution in [-0.4, -0.2) is 4.21 Å². The molecular formula is C31H24Zr. The first-order valence-electron chi connectivity index (χ1n) is 10.6. The Morgan fingerprint density at radius 3 is 1.16 bits per heavy atom. The Morgan fingerprint density at radius 2 is 0.781 bits per heavy atom. The van der Waals surface area contributed by atoms with Crippen molar-refractivity contribution in [1.29, 1.82) is 0 Å². The van der Waals surface area contributed by atoms with Crippen LogP contribution in [0.15, 0.2) is 133 Å². The molecule has 6 rings (SSSR count). The Hall–Kier alpha value is -3.15. The quantitative estimate of drug-likeness (QED) is 0.215. The maximum Gasteiger partial charge on any atom is -0.0635 e. The largest absolute Gasteiger partial charge is 0.145 e. The second-order valence-corrected chi connectivity index (χ2v) is 7.48. The fraction of sp³-hybridized carbons (Fsp3) is 0. The van der Waals surface area contributed by atoms with Gasteiger partial charge in [0.2, 0.25) is 0 Å². The third-order valence-corrected chi connectivity index (χ3v) is 5.45. The number of benzene rings is 4. The molecule has 0 aliphatic carbocycles. The summed E-state index contributed by atoms with van der Waals surface area (Å²) < 4.78 is 3.34. The minimum absolute atomic E-state index is 1.29. The molecule has 0 N–H and O–H groups in total. The van der Waals surface area contributed by atoms with Crippen molar-refractivity contribution in [3.63, 3.8) is 0 Å². The van der Waals surface area contributed by atoms with Crippen molar-refractivity contribution >= 4 is 25.8 Å². The third-order valence-electron chi connectivity index (χ3n) is 5.45. The van der Waals surface area contributed by atoms with Crippen LogP contribution in [0.5, 0.6) is 0 Å². The molecule has 0 nitrogen and oxygen atoms in total. The van der Waals surface area contributed by atoms with Gasteiger partial charge in [-0.1, -0.05) is 108 Å². The standard InChI is InChI=1S/2C15H11.CH2.Zr/c2*1-2-6-12(7-3-1)15-10-13-8-4-5-9-14(13)11-15;;/h2*1-11H;1H2;/q2*-1;;+2. The predicted octanol–water partition coefficient (Wildman–Crippen LogP) is 8.42. The van der Waals surface area contributed by atoms with Crippen LogP contribution in [0.4, 0.5) is 0 Å². The van der Waals surface area contributed by atoms with Gasteiger partial charge in [0.15, 0.2) is 0 Å². The van der Waals surface area contributed by atoms with Crippen molar-refractivity contribution < 1.29 is 24.2 Å². The molecule has 0 amide bonds. The van der Waals surface area contributed by atoms with Crippen LogP contribution in [0.3, 0.4) is 0 Å². The molecule has 152 valence electrons. The molecule has 0 fully saturated rings. The zero-order valence-corrected chi connectivity index (χ0v) is 20.4. The minimum atomic E-state index is 1.29. The Kier molecular flexibility index (Phi) is 7.54. The first kappa shape index (κ1) is 22.1. The van der Waals surface area contributed by atoms with Crippen LogP contribution in [0.2, 0.25) is 0 Å². The summed E-state index contributed by atoms with van der Waals surface area (Å²) in [7, 11) is 0. The maximum absolute atomic E-state index is 3.34. The Balaban J connectivity index is 0.000000142. The molecule has 0 radical (unpaired) electrons. The molecule has 32 heavy (non-hydrogen) atoms. The van der Waals surface area contributed by atoms with Crippen LogP contribution in [-0.2, 0) is 24.2 Å². The monoisotopic (exact) mass is 486 g/mol. The summed E-state index contributed by atoms with van der Waals surface area (Å²) in [6, 6.07) is 46.9. The van der Waals surface area contributed by atoms with Gasteiger partial charge in [-0.2, -0.15) is 0 Å². The molecule has 6 aromatic rings. The second-order valence-electron chi connectivity index (χ2n) is 7.48. The molecular weight excluding hydrogens is 464 g/mol. The summed E-state index contributed by atoms with van der Waals surface area (Å²) in [5.74, 6) is 0. The average molecular weight is 488 g/mol. The van der Waals surface area contributed by atoms with Gasteiger partial charge in [-0.25, -0.2) is 0 Å². The smallest absolute Gasteiger partial charge is 0.0635 e. The van der Waals surface area contributed by atoms with Gasteiger partial charge >= 0.3 is 28.4 Å². The van der Waals surface area contributed by atoms with E-state index in [4.69, 9.17) is 0 Å².